The highest BCUT2D eigenvalue weighted by molar-refractivity contribution is 5.86. The highest BCUT2D eigenvalue weighted by Crippen LogP contribution is 2.29. The van der Waals surface area contributed by atoms with Gasteiger partial charge < -0.3 is 14.7 Å². The molecule has 1 atom stereocenters. The maximum atomic E-state index is 12.2. The van der Waals surface area contributed by atoms with E-state index in [0.29, 0.717) is 25.1 Å². The number of carbonyl (C=O) groups is 2. The molecule has 0 saturated heterocycles. The van der Waals surface area contributed by atoms with Crippen LogP contribution in [0.2, 0.25) is 0 Å². The van der Waals surface area contributed by atoms with Crippen LogP contribution in [0.3, 0.4) is 0 Å². The van der Waals surface area contributed by atoms with E-state index in [4.69, 9.17) is 4.74 Å². The summed E-state index contributed by atoms with van der Waals surface area (Å²) in [5.74, 6) is -1.25. The third-order valence-electron chi connectivity index (χ3n) is 3.71. The molecule has 1 amide bonds. The Morgan fingerprint density at radius 2 is 2.14 bits per heavy atom. The van der Waals surface area contributed by atoms with Gasteiger partial charge in [0.25, 0.3) is 0 Å². The van der Waals surface area contributed by atoms with E-state index in [1.807, 2.05) is 19.1 Å². The third-order valence-corrected chi connectivity index (χ3v) is 3.71. The zero-order valence-corrected chi connectivity index (χ0v) is 12.2. The lowest BCUT2D eigenvalue weighted by Gasteiger charge is -2.34. The van der Waals surface area contributed by atoms with Crippen LogP contribution in [0, 0.1) is 0 Å². The number of nitrogens with zero attached hydrogens (tertiary/aromatic N) is 1. The molecule has 0 radical (unpaired) electrons. The number of hydrogen-bond acceptors (Lipinski definition) is 3. The Labute approximate surface area is 124 Å². The molecule has 1 aromatic rings. The molecule has 114 valence electrons. The van der Waals surface area contributed by atoms with Crippen molar-refractivity contribution in [3.05, 3.63) is 35.4 Å². The number of benzene rings is 1. The largest absolute Gasteiger partial charge is 0.479 e. The van der Waals surface area contributed by atoms with Crippen LogP contribution in [0.15, 0.2) is 24.3 Å². The first kappa shape index (κ1) is 15.5. The molecule has 0 aliphatic carbocycles. The number of hydrogen-bond donors (Lipinski definition) is 1. The molecular weight excluding hydrogens is 270 g/mol. The second kappa shape index (κ2) is 7.22. The number of amides is 1. The minimum Gasteiger partial charge on any atom is -0.479 e. The molecule has 1 aliphatic heterocycles. The summed E-state index contributed by atoms with van der Waals surface area (Å²) in [6.07, 6.45) is 2.59. The summed E-state index contributed by atoms with van der Waals surface area (Å²) in [6, 6.07) is 6.50. The Bertz CT molecular complexity index is 515. The summed E-state index contributed by atoms with van der Waals surface area (Å²) in [5.41, 5.74) is 1.71. The summed E-state index contributed by atoms with van der Waals surface area (Å²) >= 11 is 0. The second-order valence-electron chi connectivity index (χ2n) is 5.18. The average Bonchev–Trinajstić information content (AvgIpc) is 2.50. The average molecular weight is 291 g/mol. The molecule has 1 aliphatic rings. The van der Waals surface area contributed by atoms with E-state index >= 15 is 0 Å². The predicted molar refractivity (Wildman–Crippen MR) is 78.0 cm³/mol. The number of ether oxygens (including phenoxy) is 1. The van der Waals surface area contributed by atoms with Gasteiger partial charge in [0, 0.05) is 13.2 Å². The molecule has 1 aromatic carbocycles. The SMILES string of the molecule is CCCCOCC(=O)N1CCc2ccccc2C1C(=O)O. The smallest absolute Gasteiger partial charge is 0.331 e. The van der Waals surface area contributed by atoms with Gasteiger partial charge in [0.15, 0.2) is 6.04 Å². The monoisotopic (exact) mass is 291 g/mol. The lowest BCUT2D eigenvalue weighted by molar-refractivity contribution is -0.153. The van der Waals surface area contributed by atoms with Crippen molar-refractivity contribution in [2.45, 2.75) is 32.2 Å². The summed E-state index contributed by atoms with van der Waals surface area (Å²) < 4.78 is 5.32. The minimum absolute atomic E-state index is 0.0497. The maximum absolute atomic E-state index is 12.2. The first-order valence-corrected chi connectivity index (χ1v) is 7.33. The summed E-state index contributed by atoms with van der Waals surface area (Å²) in [6.45, 7) is 2.95. The molecule has 1 heterocycles. The minimum atomic E-state index is -0.996. The summed E-state index contributed by atoms with van der Waals surface area (Å²) in [7, 11) is 0. The van der Waals surface area contributed by atoms with Gasteiger partial charge in [0.1, 0.15) is 6.61 Å². The van der Waals surface area contributed by atoms with Crippen molar-refractivity contribution >= 4 is 11.9 Å². The van der Waals surface area contributed by atoms with Crippen molar-refractivity contribution in [2.75, 3.05) is 19.8 Å². The molecule has 0 spiro atoms. The van der Waals surface area contributed by atoms with Crippen molar-refractivity contribution < 1.29 is 19.4 Å². The molecular formula is C16H21NO4. The topological polar surface area (TPSA) is 66.8 Å². The Hall–Kier alpha value is -1.88. The number of fused-ring (bicyclic) bond motifs is 1. The fourth-order valence-electron chi connectivity index (χ4n) is 2.59. The zero-order chi connectivity index (χ0) is 15.2. The van der Waals surface area contributed by atoms with Gasteiger partial charge in [-0.25, -0.2) is 4.79 Å². The molecule has 0 bridgehead atoms. The highest BCUT2D eigenvalue weighted by Gasteiger charge is 2.35. The molecule has 5 heteroatoms. The van der Waals surface area contributed by atoms with Crippen LogP contribution in [-0.4, -0.2) is 41.6 Å². The van der Waals surface area contributed by atoms with Crippen molar-refractivity contribution in [3.63, 3.8) is 0 Å². The van der Waals surface area contributed by atoms with Crippen LogP contribution < -0.4 is 0 Å². The number of carboxylic acid groups (broad SMARTS) is 1. The normalized spacial score (nSPS) is 17.4. The van der Waals surface area contributed by atoms with Gasteiger partial charge in [-0.3, -0.25) is 4.79 Å². The van der Waals surface area contributed by atoms with E-state index < -0.39 is 12.0 Å². The van der Waals surface area contributed by atoms with Gasteiger partial charge in [-0.2, -0.15) is 0 Å². The van der Waals surface area contributed by atoms with E-state index in [-0.39, 0.29) is 12.5 Å². The molecule has 1 unspecified atom stereocenters. The van der Waals surface area contributed by atoms with Crippen LogP contribution in [0.25, 0.3) is 0 Å². The van der Waals surface area contributed by atoms with E-state index in [2.05, 4.69) is 0 Å². The Kier molecular flexibility index (Phi) is 5.33. The van der Waals surface area contributed by atoms with Crippen molar-refractivity contribution in [2.24, 2.45) is 0 Å². The summed E-state index contributed by atoms with van der Waals surface area (Å²) in [5, 5.41) is 9.48. The molecule has 0 fully saturated rings. The van der Waals surface area contributed by atoms with E-state index in [0.717, 1.165) is 18.4 Å². The first-order valence-electron chi connectivity index (χ1n) is 7.33. The zero-order valence-electron chi connectivity index (χ0n) is 12.2. The Morgan fingerprint density at radius 3 is 2.86 bits per heavy atom. The number of unbranched alkanes of at least 4 members (excludes halogenated alkanes) is 1. The number of carboxylic acids is 1. The van der Waals surface area contributed by atoms with Gasteiger partial charge in [-0.05, 0) is 24.0 Å². The second-order valence-corrected chi connectivity index (χ2v) is 5.18. The number of carbonyl (C=O) groups excluding carboxylic acids is 1. The lowest BCUT2D eigenvalue weighted by atomic mass is 9.92. The van der Waals surface area contributed by atoms with E-state index in [1.54, 1.807) is 12.1 Å². The highest BCUT2D eigenvalue weighted by atomic mass is 16.5. The van der Waals surface area contributed by atoms with Crippen LogP contribution in [0.4, 0.5) is 0 Å². The van der Waals surface area contributed by atoms with E-state index in [9.17, 15) is 14.7 Å². The van der Waals surface area contributed by atoms with Gasteiger partial charge in [0.2, 0.25) is 5.91 Å². The quantitative estimate of drug-likeness (QED) is 0.814. The van der Waals surface area contributed by atoms with Gasteiger partial charge in [0.05, 0.1) is 0 Å². The Balaban J connectivity index is 2.09. The van der Waals surface area contributed by atoms with Crippen molar-refractivity contribution in [3.8, 4) is 0 Å². The van der Waals surface area contributed by atoms with Crippen LogP contribution >= 0.6 is 0 Å². The van der Waals surface area contributed by atoms with Gasteiger partial charge >= 0.3 is 5.97 Å². The number of aliphatic carboxylic acids is 1. The van der Waals surface area contributed by atoms with E-state index in [1.165, 1.54) is 4.90 Å². The molecule has 21 heavy (non-hydrogen) atoms. The van der Waals surface area contributed by atoms with Crippen LogP contribution in [0.1, 0.15) is 36.9 Å². The molecule has 0 aromatic heterocycles. The first-order chi connectivity index (χ1) is 10.1. The molecule has 1 N–H and O–H groups in total. The standard InChI is InChI=1S/C16H21NO4/c1-2-3-10-21-11-14(18)17-9-8-12-6-4-5-7-13(12)15(17)16(19)20/h4-7,15H,2-3,8-11H2,1H3,(H,19,20). The van der Waals surface area contributed by atoms with Crippen molar-refractivity contribution in [1.29, 1.82) is 0 Å². The molecule has 5 nitrogen and oxygen atoms in total. The molecule has 0 saturated carbocycles. The molecule has 2 rings (SSSR count). The third kappa shape index (κ3) is 3.61. The number of rotatable bonds is 6. The predicted octanol–water partition coefficient (Wildman–Crippen LogP) is 2.01. The van der Waals surface area contributed by atoms with Crippen LogP contribution in [0.5, 0.6) is 0 Å². The summed E-state index contributed by atoms with van der Waals surface area (Å²) in [4.78, 5) is 25.2. The fraction of sp³-hybridized carbons (Fsp3) is 0.500. The fourth-order valence-corrected chi connectivity index (χ4v) is 2.59. The maximum Gasteiger partial charge on any atom is 0.331 e. The van der Waals surface area contributed by atoms with Crippen molar-refractivity contribution in [1.82, 2.24) is 4.90 Å². The van der Waals surface area contributed by atoms with Crippen LogP contribution in [-0.2, 0) is 20.7 Å². The van der Waals surface area contributed by atoms with Gasteiger partial charge in [-0.1, -0.05) is 37.6 Å². The lowest BCUT2D eigenvalue weighted by Crippen LogP contribution is -2.45. The van der Waals surface area contributed by atoms with Gasteiger partial charge in [-0.15, -0.1) is 0 Å². The Morgan fingerprint density at radius 1 is 1.38 bits per heavy atom.